The van der Waals surface area contributed by atoms with Crippen LogP contribution in [0.4, 0.5) is 15.3 Å². The van der Waals surface area contributed by atoms with Crippen LogP contribution in [0.2, 0.25) is 0 Å². The van der Waals surface area contributed by atoms with E-state index < -0.39 is 29.0 Å². The van der Waals surface area contributed by atoms with Crippen molar-refractivity contribution in [1.82, 2.24) is 14.8 Å². The number of likely N-dealkylation sites (N-methyl/N-ethyl adjacent to an activating group) is 1. The van der Waals surface area contributed by atoms with Crippen LogP contribution < -0.4 is 9.64 Å². The molecule has 1 spiro atoms. The van der Waals surface area contributed by atoms with Gasteiger partial charge in [-0.25, -0.2) is 14.6 Å². The molecule has 1 N–H and O–H groups in total. The molecule has 2 aliphatic heterocycles. The lowest BCUT2D eigenvalue weighted by molar-refractivity contribution is -0.136. The van der Waals surface area contributed by atoms with Crippen LogP contribution in [0.15, 0.2) is 18.3 Å². The summed E-state index contributed by atoms with van der Waals surface area (Å²) in [5.74, 6) is -0.374. The van der Waals surface area contributed by atoms with Crippen molar-refractivity contribution in [3.63, 3.8) is 0 Å². The fourth-order valence-corrected chi connectivity index (χ4v) is 4.41. The lowest BCUT2D eigenvalue weighted by Crippen LogP contribution is -2.66. The Balaban J connectivity index is 2.19. The number of nitrogens with zero attached hydrogens (tertiary/aromatic N) is 4. The van der Waals surface area contributed by atoms with Gasteiger partial charge in [-0.1, -0.05) is 20.8 Å². The highest BCUT2D eigenvalue weighted by Crippen LogP contribution is 2.49. The van der Waals surface area contributed by atoms with Crippen LogP contribution in [-0.2, 0) is 4.79 Å². The third-order valence-electron chi connectivity index (χ3n) is 5.80. The third-order valence-corrected chi connectivity index (χ3v) is 5.80. The molecule has 3 heterocycles. The van der Waals surface area contributed by atoms with E-state index >= 15 is 0 Å². The second-order valence-corrected chi connectivity index (χ2v) is 8.36. The van der Waals surface area contributed by atoms with Gasteiger partial charge in [0, 0.05) is 38.3 Å². The minimum absolute atomic E-state index is 0.171. The fraction of sp³-hybridized carbons (Fsp3) is 0.579. The number of carbonyl (C=O) groups excluding carboxylic acids is 2. The van der Waals surface area contributed by atoms with E-state index in [-0.39, 0.29) is 25.4 Å². The molecule has 2 atom stereocenters. The summed E-state index contributed by atoms with van der Waals surface area (Å²) in [6, 6.07) is 2.85. The van der Waals surface area contributed by atoms with Crippen LogP contribution in [0.5, 0.6) is 5.88 Å². The van der Waals surface area contributed by atoms with Gasteiger partial charge >= 0.3 is 12.1 Å². The quantitative estimate of drug-likeness (QED) is 0.777. The van der Waals surface area contributed by atoms with E-state index in [1.165, 1.54) is 30.2 Å². The van der Waals surface area contributed by atoms with E-state index in [9.17, 15) is 19.5 Å². The molecule has 4 amide bonds. The maximum absolute atomic E-state index is 13.4. The molecular weight excluding hydrogens is 364 g/mol. The second kappa shape index (κ2) is 6.65. The average molecular weight is 390 g/mol. The van der Waals surface area contributed by atoms with Gasteiger partial charge in [-0.3, -0.25) is 14.6 Å². The number of piperidine rings is 1. The number of imide groups is 1. The molecule has 28 heavy (non-hydrogen) atoms. The molecule has 1 aromatic rings. The zero-order valence-electron chi connectivity index (χ0n) is 16.8. The van der Waals surface area contributed by atoms with Crippen molar-refractivity contribution < 1.29 is 24.2 Å². The molecule has 9 nitrogen and oxygen atoms in total. The van der Waals surface area contributed by atoms with Crippen LogP contribution in [-0.4, -0.2) is 70.7 Å². The summed E-state index contributed by atoms with van der Waals surface area (Å²) in [4.78, 5) is 46.2. The van der Waals surface area contributed by atoms with Gasteiger partial charge in [0.1, 0.15) is 5.54 Å². The maximum Gasteiger partial charge on any atom is 0.407 e. The molecule has 0 bridgehead atoms. The summed E-state index contributed by atoms with van der Waals surface area (Å²) in [5.41, 5.74) is -1.08. The summed E-state index contributed by atoms with van der Waals surface area (Å²) >= 11 is 0. The highest BCUT2D eigenvalue weighted by atomic mass is 16.5. The second-order valence-electron chi connectivity index (χ2n) is 8.36. The summed E-state index contributed by atoms with van der Waals surface area (Å²) < 4.78 is 5.19. The number of urea groups is 1. The van der Waals surface area contributed by atoms with Crippen LogP contribution in [0.1, 0.15) is 27.2 Å². The lowest BCUT2D eigenvalue weighted by atomic mass is 9.64. The molecular formula is C19H26N4O5. The number of carboxylic acid groups (broad SMARTS) is 1. The first kappa shape index (κ1) is 19.9. The van der Waals surface area contributed by atoms with E-state index in [1.54, 1.807) is 12.1 Å². The SMILES string of the molecule is COc1cc(N2C(=O)N(C)C(=O)C23CCN(C(=O)O)CC3C(C)(C)C)ccn1. The molecule has 0 aromatic carbocycles. The first-order chi connectivity index (χ1) is 13.0. The number of hydrogen-bond acceptors (Lipinski definition) is 5. The average Bonchev–Trinajstić information content (AvgIpc) is 2.82. The molecule has 0 radical (unpaired) electrons. The first-order valence-corrected chi connectivity index (χ1v) is 9.14. The Kier molecular flexibility index (Phi) is 4.73. The largest absolute Gasteiger partial charge is 0.481 e. The summed E-state index contributed by atoms with van der Waals surface area (Å²) in [5, 5.41) is 9.50. The fourth-order valence-electron chi connectivity index (χ4n) is 4.41. The van der Waals surface area contributed by atoms with Crippen LogP contribution in [0.3, 0.4) is 0 Å². The summed E-state index contributed by atoms with van der Waals surface area (Å²) in [6.45, 7) is 6.24. The van der Waals surface area contributed by atoms with Crippen LogP contribution in [0.25, 0.3) is 0 Å². The molecule has 152 valence electrons. The van der Waals surface area contributed by atoms with Crippen molar-refractivity contribution in [2.24, 2.45) is 11.3 Å². The van der Waals surface area contributed by atoms with Gasteiger partial charge in [0.25, 0.3) is 5.91 Å². The number of anilines is 1. The number of amides is 4. The van der Waals surface area contributed by atoms with Gasteiger partial charge in [-0.05, 0) is 17.9 Å². The molecule has 2 fully saturated rings. The Labute approximate surface area is 163 Å². The molecule has 9 heteroatoms. The topological polar surface area (TPSA) is 103 Å². The van der Waals surface area contributed by atoms with Gasteiger partial charge in [0.05, 0.1) is 12.8 Å². The Bertz CT molecular complexity index is 821. The molecule has 0 saturated carbocycles. The molecule has 3 rings (SSSR count). The number of aromatic nitrogens is 1. The molecule has 2 unspecified atom stereocenters. The number of hydrogen-bond donors (Lipinski definition) is 1. The number of ether oxygens (including phenoxy) is 1. The van der Waals surface area contributed by atoms with E-state index in [0.717, 1.165) is 4.90 Å². The predicted octanol–water partition coefficient (Wildman–Crippen LogP) is 2.27. The van der Waals surface area contributed by atoms with Crippen molar-refractivity contribution in [3.05, 3.63) is 18.3 Å². The smallest absolute Gasteiger partial charge is 0.407 e. The Hall–Kier alpha value is -2.84. The van der Waals surface area contributed by atoms with Crippen molar-refractivity contribution in [2.45, 2.75) is 32.7 Å². The monoisotopic (exact) mass is 390 g/mol. The van der Waals surface area contributed by atoms with Crippen LogP contribution in [0, 0.1) is 11.3 Å². The van der Waals surface area contributed by atoms with E-state index in [2.05, 4.69) is 4.98 Å². The lowest BCUT2D eigenvalue weighted by Gasteiger charge is -2.51. The summed E-state index contributed by atoms with van der Waals surface area (Å²) in [6.07, 6.45) is 0.725. The van der Waals surface area contributed by atoms with Gasteiger partial charge in [-0.15, -0.1) is 0 Å². The number of likely N-dealkylation sites (tertiary alicyclic amines) is 1. The van der Waals surface area contributed by atoms with Crippen molar-refractivity contribution in [2.75, 3.05) is 32.1 Å². The van der Waals surface area contributed by atoms with Crippen molar-refractivity contribution in [1.29, 1.82) is 0 Å². The zero-order valence-corrected chi connectivity index (χ0v) is 16.8. The number of carbonyl (C=O) groups is 3. The Morgan fingerprint density at radius 3 is 2.61 bits per heavy atom. The van der Waals surface area contributed by atoms with Gasteiger partial charge in [0.15, 0.2) is 0 Å². The van der Waals surface area contributed by atoms with E-state index in [0.29, 0.717) is 11.6 Å². The van der Waals surface area contributed by atoms with Crippen molar-refractivity contribution >= 4 is 23.7 Å². The molecule has 1 aromatic heterocycles. The zero-order chi connectivity index (χ0) is 20.9. The first-order valence-electron chi connectivity index (χ1n) is 9.14. The van der Waals surface area contributed by atoms with Crippen LogP contribution >= 0.6 is 0 Å². The third kappa shape index (κ3) is 2.85. The molecule has 2 saturated heterocycles. The number of methoxy groups -OCH3 is 1. The van der Waals surface area contributed by atoms with E-state index in [4.69, 9.17) is 4.74 Å². The number of pyridine rings is 1. The number of rotatable bonds is 2. The Morgan fingerprint density at radius 2 is 2.04 bits per heavy atom. The van der Waals surface area contributed by atoms with E-state index in [1.807, 2.05) is 20.8 Å². The standard InChI is InChI=1S/C19H26N4O5/c1-18(2,3)13-11-22(17(26)27)9-7-19(13)15(24)21(4)16(25)23(19)12-6-8-20-14(10-12)28-5/h6,8,10,13H,7,9,11H2,1-5H3,(H,26,27). The maximum atomic E-state index is 13.4. The minimum Gasteiger partial charge on any atom is -0.481 e. The highest BCUT2D eigenvalue weighted by Gasteiger charge is 2.64. The van der Waals surface area contributed by atoms with Gasteiger partial charge < -0.3 is 14.7 Å². The van der Waals surface area contributed by atoms with Gasteiger partial charge in [-0.2, -0.15) is 0 Å². The highest BCUT2D eigenvalue weighted by molar-refractivity contribution is 6.17. The van der Waals surface area contributed by atoms with Gasteiger partial charge in [0.2, 0.25) is 5.88 Å². The predicted molar refractivity (Wildman–Crippen MR) is 101 cm³/mol. The Morgan fingerprint density at radius 1 is 1.36 bits per heavy atom. The normalized spacial score (nSPS) is 25.6. The minimum atomic E-state index is -1.16. The molecule has 2 aliphatic rings. The van der Waals surface area contributed by atoms with Crippen molar-refractivity contribution in [3.8, 4) is 5.88 Å². The molecule has 0 aliphatic carbocycles. The summed E-state index contributed by atoms with van der Waals surface area (Å²) in [7, 11) is 2.95.